The molecule has 21 heavy (non-hydrogen) atoms. The molecule has 4 heterocycles. The maximum Gasteiger partial charge on any atom is 0.193 e. The molecule has 3 aromatic heterocycles. The Morgan fingerprint density at radius 1 is 1.38 bits per heavy atom. The zero-order valence-electron chi connectivity index (χ0n) is 11.8. The van der Waals surface area contributed by atoms with E-state index in [9.17, 15) is 0 Å². The smallest absolute Gasteiger partial charge is 0.193 e. The molecule has 0 unspecified atom stereocenters. The second-order valence-corrected chi connectivity index (χ2v) is 6.56. The van der Waals surface area contributed by atoms with Crippen LogP contribution < -0.4 is 0 Å². The fourth-order valence-electron chi connectivity index (χ4n) is 3.12. The average Bonchev–Trinajstić information content (AvgIpc) is 3.16. The van der Waals surface area contributed by atoms with Crippen molar-refractivity contribution in [2.75, 3.05) is 13.1 Å². The molecule has 4 rings (SSSR count). The zero-order chi connectivity index (χ0) is 14.1. The second-order valence-electron chi connectivity index (χ2n) is 5.69. The van der Waals surface area contributed by atoms with Crippen LogP contribution in [0.1, 0.15) is 18.5 Å². The number of nitrogens with zero attached hydrogens (tertiary/aromatic N) is 6. The number of likely N-dealkylation sites (tertiary alicyclic amines) is 1. The van der Waals surface area contributed by atoms with Gasteiger partial charge in [0.05, 0.1) is 5.69 Å². The van der Waals surface area contributed by atoms with E-state index in [-0.39, 0.29) is 0 Å². The summed E-state index contributed by atoms with van der Waals surface area (Å²) < 4.78 is 4.05. The predicted molar refractivity (Wildman–Crippen MR) is 81.1 cm³/mol. The Kier molecular flexibility index (Phi) is 3.44. The number of fused-ring (bicyclic) bond motifs is 1. The highest BCUT2D eigenvalue weighted by atomic mass is 32.1. The lowest BCUT2D eigenvalue weighted by Gasteiger charge is -2.32. The van der Waals surface area contributed by atoms with Crippen molar-refractivity contribution in [2.24, 2.45) is 5.92 Å². The molecule has 110 valence electrons. The summed E-state index contributed by atoms with van der Waals surface area (Å²) in [6.07, 6.45) is 10.2. The van der Waals surface area contributed by atoms with Crippen LogP contribution in [0.2, 0.25) is 0 Å². The molecule has 7 heteroatoms. The van der Waals surface area contributed by atoms with E-state index >= 15 is 0 Å². The van der Waals surface area contributed by atoms with Gasteiger partial charge in [-0.05, 0) is 25.3 Å². The second kappa shape index (κ2) is 5.57. The van der Waals surface area contributed by atoms with Crippen molar-refractivity contribution in [3.05, 3.63) is 36.1 Å². The van der Waals surface area contributed by atoms with Crippen LogP contribution in [0.15, 0.2) is 30.4 Å². The lowest BCUT2D eigenvalue weighted by Crippen LogP contribution is -2.36. The standard InChI is InChI=1S/C14H18N6S/c1-2-12(7-20-11-15-10-16-20)6-18(3-1)8-13-9-19-4-5-21-14(19)17-13/h4-5,9-12H,1-3,6-8H2/t12-/m0/s1. The molecule has 0 radical (unpaired) electrons. The first-order chi connectivity index (χ1) is 10.4. The van der Waals surface area contributed by atoms with Gasteiger partial charge in [-0.2, -0.15) is 5.10 Å². The monoisotopic (exact) mass is 302 g/mol. The first-order valence-corrected chi connectivity index (χ1v) is 8.20. The Hall–Kier alpha value is -1.73. The van der Waals surface area contributed by atoms with Gasteiger partial charge in [0.25, 0.3) is 0 Å². The van der Waals surface area contributed by atoms with Gasteiger partial charge in [0.2, 0.25) is 0 Å². The van der Waals surface area contributed by atoms with Crippen LogP contribution in [-0.4, -0.2) is 42.1 Å². The number of rotatable bonds is 4. The molecule has 0 bridgehead atoms. The molecule has 0 aliphatic carbocycles. The van der Waals surface area contributed by atoms with Gasteiger partial charge >= 0.3 is 0 Å². The summed E-state index contributed by atoms with van der Waals surface area (Å²) in [5.41, 5.74) is 1.17. The van der Waals surface area contributed by atoms with Gasteiger partial charge in [-0.1, -0.05) is 0 Å². The average molecular weight is 302 g/mol. The Balaban J connectivity index is 1.39. The van der Waals surface area contributed by atoms with Crippen LogP contribution >= 0.6 is 11.3 Å². The number of piperidine rings is 1. The van der Waals surface area contributed by atoms with E-state index in [0.29, 0.717) is 5.92 Å². The molecule has 6 nitrogen and oxygen atoms in total. The summed E-state index contributed by atoms with van der Waals surface area (Å²) in [6.45, 7) is 4.20. The van der Waals surface area contributed by atoms with Gasteiger partial charge in [0, 0.05) is 37.4 Å². The molecule has 1 atom stereocenters. The van der Waals surface area contributed by atoms with E-state index in [0.717, 1.165) is 24.6 Å². The first-order valence-electron chi connectivity index (χ1n) is 7.33. The highest BCUT2D eigenvalue weighted by molar-refractivity contribution is 7.15. The predicted octanol–water partition coefficient (Wildman–Crippen LogP) is 1.90. The quantitative estimate of drug-likeness (QED) is 0.738. The summed E-state index contributed by atoms with van der Waals surface area (Å²) >= 11 is 1.69. The Bertz CT molecular complexity index is 672. The van der Waals surface area contributed by atoms with Crippen molar-refractivity contribution in [3.63, 3.8) is 0 Å². The van der Waals surface area contributed by atoms with E-state index in [1.165, 1.54) is 25.1 Å². The van der Waals surface area contributed by atoms with Gasteiger partial charge < -0.3 is 0 Å². The lowest BCUT2D eigenvalue weighted by atomic mass is 9.98. The van der Waals surface area contributed by atoms with Crippen LogP contribution in [0, 0.1) is 5.92 Å². The third-order valence-electron chi connectivity index (χ3n) is 4.04. The van der Waals surface area contributed by atoms with Crippen LogP contribution in [0.5, 0.6) is 0 Å². The molecule has 1 aliphatic heterocycles. The molecule has 0 saturated carbocycles. The third-order valence-corrected chi connectivity index (χ3v) is 4.81. The maximum atomic E-state index is 4.68. The van der Waals surface area contributed by atoms with E-state index in [1.807, 2.05) is 11.0 Å². The highest BCUT2D eigenvalue weighted by Gasteiger charge is 2.21. The molecule has 0 amide bonds. The van der Waals surface area contributed by atoms with E-state index < -0.39 is 0 Å². The Labute approximate surface area is 127 Å². The van der Waals surface area contributed by atoms with Crippen molar-refractivity contribution >= 4 is 16.3 Å². The van der Waals surface area contributed by atoms with Crippen LogP contribution in [0.3, 0.4) is 0 Å². The largest absolute Gasteiger partial charge is 0.297 e. The summed E-state index contributed by atoms with van der Waals surface area (Å²) in [5.74, 6) is 0.657. The fraction of sp³-hybridized carbons (Fsp3) is 0.500. The van der Waals surface area contributed by atoms with Gasteiger partial charge in [0.1, 0.15) is 12.7 Å². The van der Waals surface area contributed by atoms with Crippen LogP contribution in [0.4, 0.5) is 0 Å². The van der Waals surface area contributed by atoms with Gasteiger partial charge in [-0.25, -0.2) is 9.97 Å². The minimum Gasteiger partial charge on any atom is -0.297 e. The van der Waals surface area contributed by atoms with Gasteiger partial charge in [-0.15, -0.1) is 11.3 Å². The summed E-state index contributed by atoms with van der Waals surface area (Å²) in [6, 6.07) is 0. The Morgan fingerprint density at radius 2 is 2.38 bits per heavy atom. The molecule has 1 aliphatic rings. The normalized spacial score (nSPS) is 20.3. The first kappa shape index (κ1) is 13.0. The SMILES string of the molecule is c1ncn(C[C@H]2CCCN(Cc3cn4ccsc4n3)C2)n1. The van der Waals surface area contributed by atoms with Gasteiger partial charge in [0.15, 0.2) is 4.96 Å². The van der Waals surface area contributed by atoms with Crippen molar-refractivity contribution in [1.29, 1.82) is 0 Å². The Morgan fingerprint density at radius 3 is 3.24 bits per heavy atom. The minimum absolute atomic E-state index is 0.657. The number of hydrogen-bond donors (Lipinski definition) is 0. The molecule has 1 saturated heterocycles. The highest BCUT2D eigenvalue weighted by Crippen LogP contribution is 2.20. The molecule has 0 aromatic carbocycles. The molecular weight excluding hydrogens is 284 g/mol. The van der Waals surface area contributed by atoms with E-state index in [1.54, 1.807) is 17.7 Å². The topological polar surface area (TPSA) is 51.2 Å². The summed E-state index contributed by atoms with van der Waals surface area (Å²) in [5, 5.41) is 6.28. The molecular formula is C14H18N6S. The van der Waals surface area contributed by atoms with E-state index in [2.05, 4.69) is 42.1 Å². The fourth-order valence-corrected chi connectivity index (χ4v) is 3.84. The van der Waals surface area contributed by atoms with Crippen molar-refractivity contribution < 1.29 is 0 Å². The number of imidazole rings is 1. The third kappa shape index (κ3) is 2.84. The summed E-state index contributed by atoms with van der Waals surface area (Å²) in [4.78, 5) is 12.3. The lowest BCUT2D eigenvalue weighted by molar-refractivity contribution is 0.152. The van der Waals surface area contributed by atoms with Crippen molar-refractivity contribution in [1.82, 2.24) is 29.0 Å². The number of thiazole rings is 1. The molecule has 0 N–H and O–H groups in total. The van der Waals surface area contributed by atoms with Crippen LogP contribution in [0.25, 0.3) is 4.96 Å². The number of aromatic nitrogens is 5. The van der Waals surface area contributed by atoms with Crippen LogP contribution in [-0.2, 0) is 13.1 Å². The zero-order valence-corrected chi connectivity index (χ0v) is 12.6. The van der Waals surface area contributed by atoms with Crippen molar-refractivity contribution in [3.8, 4) is 0 Å². The minimum atomic E-state index is 0.657. The van der Waals surface area contributed by atoms with Gasteiger partial charge in [-0.3, -0.25) is 14.0 Å². The molecule has 1 fully saturated rings. The molecule has 0 spiro atoms. The summed E-state index contributed by atoms with van der Waals surface area (Å²) in [7, 11) is 0. The molecule has 3 aromatic rings. The number of hydrogen-bond acceptors (Lipinski definition) is 5. The van der Waals surface area contributed by atoms with E-state index in [4.69, 9.17) is 0 Å². The maximum absolute atomic E-state index is 4.68. The van der Waals surface area contributed by atoms with Crippen molar-refractivity contribution in [2.45, 2.75) is 25.9 Å².